The van der Waals surface area contributed by atoms with Crippen molar-refractivity contribution in [2.45, 2.75) is 19.5 Å². The second kappa shape index (κ2) is 4.31. The third-order valence-electron chi connectivity index (χ3n) is 2.80. The molecule has 0 radical (unpaired) electrons. The molecule has 0 aliphatic carbocycles. The van der Waals surface area contributed by atoms with Gasteiger partial charge in [-0.15, -0.1) is 11.3 Å². The maximum Gasteiger partial charge on any atom is 0.0340 e. The van der Waals surface area contributed by atoms with Crippen LogP contribution in [0.2, 0.25) is 0 Å². The van der Waals surface area contributed by atoms with Crippen LogP contribution in [-0.4, -0.2) is 24.0 Å². The quantitative estimate of drug-likeness (QED) is 0.897. The van der Waals surface area contributed by atoms with E-state index >= 15 is 0 Å². The number of likely N-dealkylation sites (tertiary alicyclic amines) is 1. The number of rotatable bonds is 2. The van der Waals surface area contributed by atoms with E-state index in [4.69, 9.17) is 5.73 Å². The third-order valence-corrected chi connectivity index (χ3v) is 4.72. The predicted molar refractivity (Wildman–Crippen MR) is 64.4 cm³/mol. The first-order valence-electron chi connectivity index (χ1n) is 4.86. The molecule has 0 spiro atoms. The van der Waals surface area contributed by atoms with Gasteiger partial charge >= 0.3 is 0 Å². The van der Waals surface area contributed by atoms with E-state index in [1.165, 1.54) is 9.35 Å². The maximum atomic E-state index is 5.99. The monoisotopic (exact) mass is 274 g/mol. The van der Waals surface area contributed by atoms with Crippen molar-refractivity contribution < 1.29 is 0 Å². The van der Waals surface area contributed by atoms with Crippen molar-refractivity contribution in [3.8, 4) is 0 Å². The standard InChI is InChI=1S/C10H15BrN2S/c1-7-4-13(5-9(7)12)6-10-8(11)2-3-14-10/h2-3,7,9H,4-6,12H2,1H3. The van der Waals surface area contributed by atoms with Gasteiger partial charge in [0, 0.05) is 35.0 Å². The summed E-state index contributed by atoms with van der Waals surface area (Å²) in [6, 6.07) is 2.47. The zero-order chi connectivity index (χ0) is 10.1. The van der Waals surface area contributed by atoms with E-state index in [2.05, 4.69) is 39.2 Å². The van der Waals surface area contributed by atoms with Crippen LogP contribution in [0.25, 0.3) is 0 Å². The van der Waals surface area contributed by atoms with E-state index in [0.29, 0.717) is 12.0 Å². The second-order valence-corrected chi connectivity index (χ2v) is 5.88. The van der Waals surface area contributed by atoms with Crippen LogP contribution >= 0.6 is 27.3 Å². The van der Waals surface area contributed by atoms with Crippen molar-refractivity contribution in [1.82, 2.24) is 4.90 Å². The Hall–Kier alpha value is 0.1000. The number of nitrogens with zero attached hydrogens (tertiary/aromatic N) is 1. The van der Waals surface area contributed by atoms with E-state index in [-0.39, 0.29) is 0 Å². The second-order valence-electron chi connectivity index (χ2n) is 4.03. The third kappa shape index (κ3) is 2.19. The zero-order valence-electron chi connectivity index (χ0n) is 8.24. The molecule has 0 saturated carbocycles. The number of nitrogens with two attached hydrogens (primary N) is 1. The fraction of sp³-hybridized carbons (Fsp3) is 0.600. The Bertz CT molecular complexity index is 303. The van der Waals surface area contributed by atoms with Crippen molar-refractivity contribution in [2.75, 3.05) is 13.1 Å². The van der Waals surface area contributed by atoms with Crippen molar-refractivity contribution >= 4 is 27.3 Å². The first-order valence-corrected chi connectivity index (χ1v) is 6.54. The van der Waals surface area contributed by atoms with Crippen LogP contribution in [0.5, 0.6) is 0 Å². The average Bonchev–Trinajstić information content (AvgIpc) is 2.63. The Morgan fingerprint density at radius 3 is 2.93 bits per heavy atom. The molecule has 0 amide bonds. The highest BCUT2D eigenvalue weighted by Crippen LogP contribution is 2.26. The van der Waals surface area contributed by atoms with Crippen molar-refractivity contribution in [2.24, 2.45) is 11.7 Å². The summed E-state index contributed by atoms with van der Waals surface area (Å²) in [7, 11) is 0. The lowest BCUT2D eigenvalue weighted by Gasteiger charge is -2.13. The number of hydrogen-bond acceptors (Lipinski definition) is 3. The predicted octanol–water partition coefficient (Wildman–Crippen LogP) is 2.29. The van der Waals surface area contributed by atoms with Crippen molar-refractivity contribution in [3.63, 3.8) is 0 Å². The summed E-state index contributed by atoms with van der Waals surface area (Å²) in [5.74, 6) is 0.633. The highest BCUT2D eigenvalue weighted by atomic mass is 79.9. The van der Waals surface area contributed by atoms with Crippen LogP contribution in [0.1, 0.15) is 11.8 Å². The Kier molecular flexibility index (Phi) is 3.27. The molecule has 0 aromatic carbocycles. The minimum Gasteiger partial charge on any atom is -0.326 e. The lowest BCUT2D eigenvalue weighted by atomic mass is 10.1. The van der Waals surface area contributed by atoms with Crippen molar-refractivity contribution in [1.29, 1.82) is 0 Å². The summed E-state index contributed by atoms with van der Waals surface area (Å²) < 4.78 is 1.23. The zero-order valence-corrected chi connectivity index (χ0v) is 10.6. The lowest BCUT2D eigenvalue weighted by molar-refractivity contribution is 0.321. The van der Waals surface area contributed by atoms with E-state index in [0.717, 1.165) is 19.6 Å². The summed E-state index contributed by atoms with van der Waals surface area (Å²) in [6.07, 6.45) is 0. The molecule has 2 atom stereocenters. The fourth-order valence-corrected chi connectivity index (χ4v) is 3.38. The Morgan fingerprint density at radius 2 is 2.43 bits per heavy atom. The van der Waals surface area contributed by atoms with Crippen LogP contribution in [0.15, 0.2) is 15.9 Å². The molecule has 1 aromatic rings. The lowest BCUT2D eigenvalue weighted by Crippen LogP contribution is -2.28. The Morgan fingerprint density at radius 1 is 1.64 bits per heavy atom. The molecule has 1 saturated heterocycles. The smallest absolute Gasteiger partial charge is 0.0340 e. The van der Waals surface area contributed by atoms with Gasteiger partial charge in [0.2, 0.25) is 0 Å². The van der Waals surface area contributed by atoms with Crippen LogP contribution in [0.4, 0.5) is 0 Å². The molecule has 2 unspecified atom stereocenters. The number of thiophene rings is 1. The summed E-state index contributed by atoms with van der Waals surface area (Å²) in [5.41, 5.74) is 5.99. The van der Waals surface area contributed by atoms with Crippen LogP contribution < -0.4 is 5.73 Å². The highest BCUT2D eigenvalue weighted by Gasteiger charge is 2.26. The number of halogens is 1. The molecule has 1 aliphatic heterocycles. The summed E-state index contributed by atoms with van der Waals surface area (Å²) in [6.45, 7) is 5.43. The minimum absolute atomic E-state index is 0.355. The van der Waals surface area contributed by atoms with E-state index in [1.54, 1.807) is 0 Å². The van der Waals surface area contributed by atoms with Gasteiger partial charge in [-0.3, -0.25) is 4.90 Å². The van der Waals surface area contributed by atoms with E-state index in [1.807, 2.05) is 11.3 Å². The van der Waals surface area contributed by atoms with Gasteiger partial charge in [0.15, 0.2) is 0 Å². The minimum atomic E-state index is 0.355. The maximum absolute atomic E-state index is 5.99. The van der Waals surface area contributed by atoms with Crippen LogP contribution in [-0.2, 0) is 6.54 Å². The molecule has 4 heteroatoms. The molecule has 78 valence electrons. The van der Waals surface area contributed by atoms with Crippen molar-refractivity contribution in [3.05, 3.63) is 20.8 Å². The van der Waals surface area contributed by atoms with Gasteiger partial charge < -0.3 is 5.73 Å². The summed E-state index contributed by atoms with van der Waals surface area (Å²) in [4.78, 5) is 3.85. The fourth-order valence-electron chi connectivity index (χ4n) is 1.87. The average molecular weight is 275 g/mol. The first kappa shape index (κ1) is 10.6. The van der Waals surface area contributed by atoms with Gasteiger partial charge in [-0.25, -0.2) is 0 Å². The molecular weight excluding hydrogens is 260 g/mol. The molecule has 2 N–H and O–H groups in total. The molecule has 2 rings (SSSR count). The largest absolute Gasteiger partial charge is 0.326 e. The summed E-state index contributed by atoms with van der Waals surface area (Å²) in [5, 5.41) is 2.12. The van der Waals surface area contributed by atoms with Gasteiger partial charge in [0.25, 0.3) is 0 Å². The molecule has 0 bridgehead atoms. The SMILES string of the molecule is CC1CN(Cc2sccc2Br)CC1N. The van der Waals surface area contributed by atoms with Crippen LogP contribution in [0.3, 0.4) is 0 Å². The van der Waals surface area contributed by atoms with E-state index < -0.39 is 0 Å². The molecule has 1 fully saturated rings. The Balaban J connectivity index is 1.97. The first-order chi connectivity index (χ1) is 6.66. The highest BCUT2D eigenvalue weighted by molar-refractivity contribution is 9.10. The Labute approximate surface area is 97.2 Å². The molecule has 2 heterocycles. The summed E-state index contributed by atoms with van der Waals surface area (Å²) >= 11 is 5.37. The molecule has 14 heavy (non-hydrogen) atoms. The van der Waals surface area contributed by atoms with Gasteiger partial charge in [0.1, 0.15) is 0 Å². The normalized spacial score (nSPS) is 28.5. The molecule has 1 aliphatic rings. The number of hydrogen-bond donors (Lipinski definition) is 1. The molecule has 1 aromatic heterocycles. The van der Waals surface area contributed by atoms with Crippen LogP contribution in [0, 0.1) is 5.92 Å². The molecular formula is C10H15BrN2S. The van der Waals surface area contributed by atoms with Gasteiger partial charge in [0.05, 0.1) is 0 Å². The van der Waals surface area contributed by atoms with Gasteiger partial charge in [-0.2, -0.15) is 0 Å². The van der Waals surface area contributed by atoms with Gasteiger partial charge in [-0.05, 0) is 33.3 Å². The molecule has 2 nitrogen and oxygen atoms in total. The van der Waals surface area contributed by atoms with Gasteiger partial charge in [-0.1, -0.05) is 6.92 Å². The van der Waals surface area contributed by atoms with E-state index in [9.17, 15) is 0 Å². The topological polar surface area (TPSA) is 29.3 Å².